The van der Waals surface area contributed by atoms with E-state index in [4.69, 9.17) is 4.74 Å². The molecule has 1 atom stereocenters. The van der Waals surface area contributed by atoms with Gasteiger partial charge >= 0.3 is 0 Å². The number of hydrogen-bond donors (Lipinski definition) is 1. The molecule has 7 heteroatoms. The molecule has 1 N–H and O–H groups in total. The van der Waals surface area contributed by atoms with Gasteiger partial charge in [-0.3, -0.25) is 19.3 Å². The predicted octanol–water partition coefficient (Wildman–Crippen LogP) is 3.55. The van der Waals surface area contributed by atoms with E-state index in [0.717, 1.165) is 11.1 Å². The molecule has 2 aliphatic rings. The Kier molecular flexibility index (Phi) is 7.26. The van der Waals surface area contributed by atoms with Crippen LogP contribution in [0.15, 0.2) is 48.5 Å². The summed E-state index contributed by atoms with van der Waals surface area (Å²) in [7, 11) is 0. The average Bonchev–Trinajstić information content (AvgIpc) is 3.21. The third-order valence-corrected chi connectivity index (χ3v) is 6.94. The number of likely N-dealkylation sites (tertiary alicyclic amines) is 1. The average molecular weight is 478 g/mol. The second-order valence-corrected chi connectivity index (χ2v) is 10.1. The topological polar surface area (TPSA) is 79.0 Å². The molecule has 2 aliphatic heterocycles. The number of ether oxygens (including phenoxy) is 1. The Morgan fingerprint density at radius 3 is 2.40 bits per heavy atom. The third kappa shape index (κ3) is 5.10. The Hall–Kier alpha value is -3.19. The monoisotopic (exact) mass is 477 g/mol. The van der Waals surface area contributed by atoms with Crippen LogP contribution in [-0.4, -0.2) is 65.5 Å². The van der Waals surface area contributed by atoms with Crippen molar-refractivity contribution in [2.45, 2.75) is 52.3 Å². The fourth-order valence-corrected chi connectivity index (χ4v) is 4.95. The summed E-state index contributed by atoms with van der Waals surface area (Å²) in [4.78, 5) is 43.6. The van der Waals surface area contributed by atoms with Crippen molar-refractivity contribution in [3.8, 4) is 0 Å². The zero-order chi connectivity index (χ0) is 25.2. The number of aryl methyl sites for hydroxylation is 2. The molecular weight excluding hydrogens is 442 g/mol. The molecule has 7 nitrogen and oxygen atoms in total. The SMILES string of the molecule is Cc1cccc(C(=O)N2C(C(=O)NCC(C)C)COC23CCN(C(=O)c2ccccc2C)CC3)c1. The molecule has 0 aliphatic carbocycles. The third-order valence-electron chi connectivity index (χ3n) is 6.94. The highest BCUT2D eigenvalue weighted by atomic mass is 16.5. The molecule has 2 aromatic rings. The van der Waals surface area contributed by atoms with E-state index in [-0.39, 0.29) is 24.3 Å². The van der Waals surface area contributed by atoms with Crippen molar-refractivity contribution < 1.29 is 19.1 Å². The van der Waals surface area contributed by atoms with Crippen molar-refractivity contribution >= 4 is 17.7 Å². The van der Waals surface area contributed by atoms with Gasteiger partial charge in [0.05, 0.1) is 6.61 Å². The van der Waals surface area contributed by atoms with Crippen LogP contribution in [0.4, 0.5) is 0 Å². The van der Waals surface area contributed by atoms with Gasteiger partial charge in [0.2, 0.25) is 5.91 Å². The van der Waals surface area contributed by atoms with Gasteiger partial charge in [-0.05, 0) is 43.5 Å². The fourth-order valence-electron chi connectivity index (χ4n) is 4.95. The standard InChI is InChI=1S/C28H35N3O4/c1-19(2)17-29-25(32)24-18-35-28(31(24)26(33)22-10-7-8-20(3)16-22)12-14-30(15-13-28)27(34)23-11-6-5-9-21(23)4/h5-11,16,19,24H,12-15,17-18H2,1-4H3,(H,29,32). The quantitative estimate of drug-likeness (QED) is 0.714. The Morgan fingerprint density at radius 1 is 1.03 bits per heavy atom. The maximum absolute atomic E-state index is 13.8. The highest BCUT2D eigenvalue weighted by Crippen LogP contribution is 2.39. The van der Waals surface area contributed by atoms with E-state index in [0.29, 0.717) is 49.5 Å². The minimum atomic E-state index is -0.914. The summed E-state index contributed by atoms with van der Waals surface area (Å²) in [5.74, 6) is -0.129. The molecule has 2 saturated heterocycles. The maximum Gasteiger partial charge on any atom is 0.256 e. The van der Waals surface area contributed by atoms with E-state index >= 15 is 0 Å². The van der Waals surface area contributed by atoms with Gasteiger partial charge in [-0.15, -0.1) is 0 Å². The number of nitrogens with one attached hydrogen (secondary N) is 1. The highest BCUT2D eigenvalue weighted by Gasteiger charge is 2.54. The summed E-state index contributed by atoms with van der Waals surface area (Å²) in [6.07, 6.45) is 0.909. The lowest BCUT2D eigenvalue weighted by molar-refractivity contribution is -0.128. The van der Waals surface area contributed by atoms with Crippen LogP contribution in [0, 0.1) is 19.8 Å². The molecule has 0 radical (unpaired) electrons. The Morgan fingerprint density at radius 2 is 1.74 bits per heavy atom. The van der Waals surface area contributed by atoms with Crippen LogP contribution >= 0.6 is 0 Å². The molecule has 0 aromatic heterocycles. The van der Waals surface area contributed by atoms with Crippen LogP contribution in [-0.2, 0) is 9.53 Å². The first-order valence-corrected chi connectivity index (χ1v) is 12.4. The summed E-state index contributed by atoms with van der Waals surface area (Å²) in [5, 5.41) is 2.97. The molecule has 186 valence electrons. The number of rotatable bonds is 5. The van der Waals surface area contributed by atoms with Gasteiger partial charge in [0.1, 0.15) is 11.8 Å². The lowest BCUT2D eigenvalue weighted by atomic mass is 9.95. The fraction of sp³-hybridized carbons (Fsp3) is 0.464. The summed E-state index contributed by atoms with van der Waals surface area (Å²) < 4.78 is 6.27. The van der Waals surface area contributed by atoms with E-state index < -0.39 is 11.8 Å². The molecule has 3 amide bonds. The molecule has 0 bridgehead atoms. The summed E-state index contributed by atoms with van der Waals surface area (Å²) in [6, 6.07) is 14.3. The number of carbonyl (C=O) groups is 3. The van der Waals surface area contributed by atoms with Crippen molar-refractivity contribution in [3.05, 3.63) is 70.8 Å². The summed E-state index contributed by atoms with van der Waals surface area (Å²) in [6.45, 7) is 9.52. The number of nitrogens with zero attached hydrogens (tertiary/aromatic N) is 2. The minimum absolute atomic E-state index is 0.0151. The zero-order valence-electron chi connectivity index (χ0n) is 21.0. The Balaban J connectivity index is 1.58. The first kappa shape index (κ1) is 24.9. The van der Waals surface area contributed by atoms with Gasteiger partial charge in [0, 0.05) is 43.6 Å². The van der Waals surface area contributed by atoms with Gasteiger partial charge < -0.3 is 15.0 Å². The lowest BCUT2D eigenvalue weighted by Gasteiger charge is -2.44. The molecule has 2 fully saturated rings. The lowest BCUT2D eigenvalue weighted by Crippen LogP contribution is -2.60. The molecular formula is C28H35N3O4. The summed E-state index contributed by atoms with van der Waals surface area (Å²) >= 11 is 0. The Labute approximate surface area is 207 Å². The van der Waals surface area contributed by atoms with E-state index in [9.17, 15) is 14.4 Å². The molecule has 2 heterocycles. The van der Waals surface area contributed by atoms with E-state index in [1.54, 1.807) is 11.0 Å². The van der Waals surface area contributed by atoms with Crippen LogP contribution in [0.2, 0.25) is 0 Å². The van der Waals surface area contributed by atoms with Crippen molar-refractivity contribution in [2.24, 2.45) is 5.92 Å². The van der Waals surface area contributed by atoms with Gasteiger partial charge in [0.15, 0.2) is 0 Å². The zero-order valence-corrected chi connectivity index (χ0v) is 21.0. The van der Waals surface area contributed by atoms with Crippen molar-refractivity contribution in [1.82, 2.24) is 15.1 Å². The van der Waals surface area contributed by atoms with E-state index in [1.165, 1.54) is 0 Å². The largest absolute Gasteiger partial charge is 0.354 e. The number of carbonyl (C=O) groups excluding carboxylic acids is 3. The van der Waals surface area contributed by atoms with E-state index in [1.807, 2.05) is 75.1 Å². The first-order chi connectivity index (χ1) is 16.7. The first-order valence-electron chi connectivity index (χ1n) is 12.4. The van der Waals surface area contributed by atoms with Gasteiger partial charge in [-0.1, -0.05) is 49.7 Å². The number of hydrogen-bond acceptors (Lipinski definition) is 4. The van der Waals surface area contributed by atoms with Crippen LogP contribution < -0.4 is 5.32 Å². The molecule has 4 rings (SSSR count). The number of amides is 3. The van der Waals surface area contributed by atoms with Crippen LogP contribution in [0.5, 0.6) is 0 Å². The summed E-state index contributed by atoms with van der Waals surface area (Å²) in [5.41, 5.74) is 2.23. The number of benzene rings is 2. The smallest absolute Gasteiger partial charge is 0.256 e. The molecule has 1 spiro atoms. The number of piperidine rings is 1. The molecule has 0 saturated carbocycles. The molecule has 35 heavy (non-hydrogen) atoms. The van der Waals surface area contributed by atoms with Crippen molar-refractivity contribution in [2.75, 3.05) is 26.2 Å². The minimum Gasteiger partial charge on any atom is -0.354 e. The van der Waals surface area contributed by atoms with E-state index in [2.05, 4.69) is 5.32 Å². The predicted molar refractivity (Wildman–Crippen MR) is 134 cm³/mol. The van der Waals surface area contributed by atoms with Gasteiger partial charge in [-0.2, -0.15) is 0 Å². The molecule has 1 unspecified atom stereocenters. The van der Waals surface area contributed by atoms with Crippen molar-refractivity contribution in [1.29, 1.82) is 0 Å². The highest BCUT2D eigenvalue weighted by molar-refractivity contribution is 5.99. The van der Waals surface area contributed by atoms with Gasteiger partial charge in [-0.25, -0.2) is 0 Å². The second-order valence-electron chi connectivity index (χ2n) is 10.1. The second kappa shape index (κ2) is 10.2. The molecule has 2 aromatic carbocycles. The van der Waals surface area contributed by atoms with Crippen LogP contribution in [0.25, 0.3) is 0 Å². The van der Waals surface area contributed by atoms with Crippen LogP contribution in [0.1, 0.15) is 58.5 Å². The maximum atomic E-state index is 13.8. The Bertz CT molecular complexity index is 1100. The van der Waals surface area contributed by atoms with Gasteiger partial charge in [0.25, 0.3) is 11.8 Å². The van der Waals surface area contributed by atoms with Crippen molar-refractivity contribution in [3.63, 3.8) is 0 Å². The normalized spacial score (nSPS) is 19.3. The van der Waals surface area contributed by atoms with Crippen LogP contribution in [0.3, 0.4) is 0 Å².